The van der Waals surface area contributed by atoms with Crippen LogP contribution in [-0.2, 0) is 47.7 Å². The van der Waals surface area contributed by atoms with Gasteiger partial charge in [-0.05, 0) is 224 Å². The van der Waals surface area contributed by atoms with E-state index in [-0.39, 0.29) is 141 Å². The van der Waals surface area contributed by atoms with Crippen molar-refractivity contribution in [3.8, 4) is 0 Å². The molecule has 16 heteroatoms. The second-order valence-electron chi connectivity index (χ2n) is 35.8. The zero-order chi connectivity index (χ0) is 64.1. The summed E-state index contributed by atoms with van der Waals surface area (Å²) in [7, 11) is 0. The van der Waals surface area contributed by atoms with Gasteiger partial charge < -0.3 is 49.2 Å². The molecule has 0 aromatic rings. The number of rotatable bonds is 18. The Hall–Kier alpha value is -3.34. The van der Waals surface area contributed by atoms with E-state index in [4.69, 9.17) is 18.9 Å². The maximum Gasteiger partial charge on any atom is 0.329 e. The van der Waals surface area contributed by atoms with Gasteiger partial charge in [-0.2, -0.15) is 0 Å². The van der Waals surface area contributed by atoms with E-state index in [2.05, 4.69) is 92.9 Å². The van der Waals surface area contributed by atoms with Crippen LogP contribution in [0.1, 0.15) is 218 Å². The average Bonchev–Trinajstić information content (AvgIpc) is 1.54. The van der Waals surface area contributed by atoms with E-state index in [1.165, 1.54) is 0 Å². The Bertz CT molecular complexity index is 2560. The minimum Gasteiger partial charge on any atom is -0.480 e. The van der Waals surface area contributed by atoms with E-state index in [1.54, 1.807) is 0 Å². The van der Waals surface area contributed by atoms with Crippen LogP contribution in [0.25, 0.3) is 0 Å². The first-order valence-electron chi connectivity index (χ1n) is 35.7. The normalized spacial score (nSPS) is 47.1. The number of carboxylic acid groups (broad SMARTS) is 4. The number of nitrogens with zero attached hydrogens (tertiary/aromatic N) is 2. The van der Waals surface area contributed by atoms with Crippen molar-refractivity contribution in [2.45, 2.75) is 254 Å². The molecule has 2 amide bonds. The number of carboxylic acids is 4. The van der Waals surface area contributed by atoms with Crippen LogP contribution in [0.4, 0.5) is 0 Å². The molecular weight excluding hydrogens is 1130 g/mol. The van der Waals surface area contributed by atoms with Crippen molar-refractivity contribution < 1.29 is 68.1 Å². The van der Waals surface area contributed by atoms with Gasteiger partial charge in [-0.3, -0.25) is 9.59 Å². The van der Waals surface area contributed by atoms with Crippen molar-refractivity contribution in [2.75, 3.05) is 39.5 Å². The van der Waals surface area contributed by atoms with Crippen LogP contribution in [0.2, 0.25) is 0 Å². The van der Waals surface area contributed by atoms with Gasteiger partial charge in [-0.15, -0.1) is 0 Å². The topological polar surface area (TPSA) is 227 Å². The van der Waals surface area contributed by atoms with Gasteiger partial charge in [0.25, 0.3) is 0 Å². The number of carbonyl (C=O) groups is 6. The fourth-order valence-electron chi connectivity index (χ4n) is 26.9. The summed E-state index contributed by atoms with van der Waals surface area (Å²) < 4.78 is 25.9. The molecule has 2 aliphatic heterocycles. The fraction of sp³-hybridized carbons (Fsp3) is 0.918. The number of hydrogen-bond acceptors (Lipinski definition) is 10. The van der Waals surface area contributed by atoms with Crippen LogP contribution in [0.3, 0.4) is 0 Å². The first kappa shape index (κ1) is 65.7. The molecule has 2 heterocycles. The molecule has 2 spiro atoms. The fourth-order valence-corrected chi connectivity index (χ4v) is 26.9. The number of hydrogen-bond donors (Lipinski definition) is 4. The van der Waals surface area contributed by atoms with Crippen LogP contribution in [-0.4, -0.2) is 142 Å². The number of aliphatic carboxylic acids is 4. The minimum absolute atomic E-state index is 0.0497. The minimum atomic E-state index is -1.00. The molecule has 89 heavy (non-hydrogen) atoms. The Balaban J connectivity index is 0.798. The lowest BCUT2D eigenvalue weighted by Gasteiger charge is -2.53. The lowest BCUT2D eigenvalue weighted by atomic mass is 9.53. The first-order valence-corrected chi connectivity index (χ1v) is 35.7. The van der Waals surface area contributed by atoms with E-state index in [1.807, 2.05) is 0 Å². The maximum absolute atomic E-state index is 16.1. The van der Waals surface area contributed by atoms with Crippen LogP contribution in [0.5, 0.6) is 0 Å². The van der Waals surface area contributed by atoms with E-state index < -0.39 is 60.1 Å². The molecule has 24 atom stereocenters. The van der Waals surface area contributed by atoms with E-state index in [0.717, 1.165) is 116 Å². The quantitative estimate of drug-likeness (QED) is 0.100. The van der Waals surface area contributed by atoms with Gasteiger partial charge in [0.15, 0.2) is 0 Å². The Labute approximate surface area is 531 Å². The van der Waals surface area contributed by atoms with Gasteiger partial charge >= 0.3 is 23.9 Å². The van der Waals surface area contributed by atoms with Crippen molar-refractivity contribution in [3.63, 3.8) is 0 Å². The summed E-state index contributed by atoms with van der Waals surface area (Å²) in [6.07, 6.45) is 18.2. The van der Waals surface area contributed by atoms with Gasteiger partial charge in [-0.1, -0.05) is 109 Å². The lowest BCUT2D eigenvalue weighted by molar-refractivity contribution is -0.162. The predicted octanol–water partition coefficient (Wildman–Crippen LogP) is 12.4. The maximum atomic E-state index is 16.1. The van der Waals surface area contributed by atoms with Gasteiger partial charge in [0.05, 0.1) is 35.2 Å². The SMILES string of the molecule is CC1CC2C(CC1OCC(=O)O)C1(CC2(C)C)CC(C)(C)C2CC(C3(C)C(=O)N(CCCN4C(=O)C(C)(C5CC6C(CC5OCC(=O)O)C5(CC(C)(C)C7CC(C)C(OCC(=O)O)CC75)CC6(C)C)C5CCCCC54)C4CCCCC43)C(OCC(=O)O)CC21. The van der Waals surface area contributed by atoms with Crippen molar-refractivity contribution >= 4 is 35.7 Å². The third-order valence-corrected chi connectivity index (χ3v) is 29.7. The van der Waals surface area contributed by atoms with Crippen molar-refractivity contribution in [1.29, 1.82) is 0 Å². The molecule has 10 aliphatic carbocycles. The van der Waals surface area contributed by atoms with Gasteiger partial charge in [0.1, 0.15) is 26.4 Å². The van der Waals surface area contributed by atoms with Gasteiger partial charge in [0, 0.05) is 25.2 Å². The van der Waals surface area contributed by atoms with Gasteiger partial charge in [0.2, 0.25) is 11.8 Å². The Morgan fingerprint density at radius 2 is 0.663 bits per heavy atom. The summed E-state index contributed by atoms with van der Waals surface area (Å²) in [6.45, 7) is 28.0. The zero-order valence-electron chi connectivity index (χ0n) is 56.4. The van der Waals surface area contributed by atoms with E-state index >= 15 is 9.59 Å². The zero-order valence-corrected chi connectivity index (χ0v) is 56.4. The largest absolute Gasteiger partial charge is 0.480 e. The molecule has 24 unspecified atom stereocenters. The number of likely N-dealkylation sites (tertiary alicyclic amines) is 2. The molecule has 0 aromatic carbocycles. The lowest BCUT2D eigenvalue weighted by Crippen LogP contribution is -2.53. The molecular formula is C73H114N2O14. The van der Waals surface area contributed by atoms with Crippen molar-refractivity contribution in [3.05, 3.63) is 0 Å². The third-order valence-electron chi connectivity index (χ3n) is 29.7. The summed E-state index contributed by atoms with van der Waals surface area (Å²) in [6, 6.07) is 0.0993. The predicted molar refractivity (Wildman–Crippen MR) is 334 cm³/mol. The van der Waals surface area contributed by atoms with Crippen LogP contribution in [0, 0.1) is 126 Å². The molecule has 12 fully saturated rings. The number of fused-ring (bicyclic) bond motifs is 10. The molecule has 500 valence electrons. The molecule has 10 saturated carbocycles. The molecule has 4 N–H and O–H groups in total. The van der Waals surface area contributed by atoms with Crippen LogP contribution >= 0.6 is 0 Å². The van der Waals surface area contributed by atoms with E-state index in [9.17, 15) is 39.6 Å². The molecule has 2 saturated heterocycles. The van der Waals surface area contributed by atoms with Gasteiger partial charge in [-0.25, -0.2) is 19.2 Å². The summed E-state index contributed by atoms with van der Waals surface area (Å²) >= 11 is 0. The monoisotopic (exact) mass is 1240 g/mol. The van der Waals surface area contributed by atoms with Crippen LogP contribution in [0.15, 0.2) is 0 Å². The Morgan fingerprint density at radius 1 is 0.382 bits per heavy atom. The van der Waals surface area contributed by atoms with Crippen LogP contribution < -0.4 is 0 Å². The van der Waals surface area contributed by atoms with Crippen molar-refractivity contribution in [2.24, 2.45) is 126 Å². The van der Waals surface area contributed by atoms with E-state index in [0.29, 0.717) is 56.0 Å². The number of ether oxygens (including phenoxy) is 4. The standard InChI is InChI=1S/C73H114N2O14/c1-40-24-44-48(28-56(40)86-32-60(76)77)72(36-66(44,3)4)38-68(7,8)46-26-52(58(30-50(46)72)88-34-62(80)81)70(11)42-18-13-15-20-54(42)74(64(70)84)22-17-23-75-55-21-16-14-19-43(55)71(12,65(75)85)53-27-47-51(31-59(53)89-35-63(82)83)73(39-69(47,9)10)37-67(5,6)45-25-41(2)57(29-49(45)73)87-33-61(78)79/h40-59H,13-39H2,1-12H3,(H,76,77)(H,78,79)(H,80,81)(H,82,83). The molecule has 12 aliphatic rings. The second kappa shape index (κ2) is 23.2. The molecule has 12 rings (SSSR count). The molecule has 16 nitrogen and oxygen atoms in total. The molecule has 0 radical (unpaired) electrons. The number of amides is 2. The van der Waals surface area contributed by atoms with Crippen molar-refractivity contribution in [1.82, 2.24) is 9.80 Å². The molecule has 0 aromatic heterocycles. The summed E-state index contributed by atoms with van der Waals surface area (Å²) in [4.78, 5) is 85.3. The molecule has 0 bridgehead atoms. The summed E-state index contributed by atoms with van der Waals surface area (Å²) in [5.74, 6) is -0.595. The Morgan fingerprint density at radius 3 is 0.978 bits per heavy atom. The first-order chi connectivity index (χ1) is 41.7. The average molecular weight is 1240 g/mol. The second-order valence-corrected chi connectivity index (χ2v) is 35.8. The third kappa shape index (κ3) is 10.7. The Kier molecular flexibility index (Phi) is 17.2. The summed E-state index contributed by atoms with van der Waals surface area (Å²) in [5, 5.41) is 39.9. The number of carbonyl (C=O) groups excluding carboxylic acids is 2. The summed E-state index contributed by atoms with van der Waals surface area (Å²) in [5.41, 5.74) is -1.64. The highest BCUT2D eigenvalue weighted by molar-refractivity contribution is 5.87. The highest BCUT2D eigenvalue weighted by Gasteiger charge is 2.74. The smallest absolute Gasteiger partial charge is 0.329 e. The highest BCUT2D eigenvalue weighted by Crippen LogP contribution is 2.79. The highest BCUT2D eigenvalue weighted by atomic mass is 16.5.